The smallest absolute Gasteiger partial charge is 0.189 e. The monoisotopic (exact) mass is 357 g/mol. The molecule has 0 bridgehead atoms. The Kier molecular flexibility index (Phi) is 3.13. The predicted octanol–water partition coefficient (Wildman–Crippen LogP) is 1.98. The SMILES string of the molecule is Nc1cc2c(c(Cn3cc(I)cn3)c1)OCOC2. The number of hydrogen-bond acceptors (Lipinski definition) is 4. The molecule has 2 N–H and O–H groups in total. The Balaban J connectivity index is 1.98. The summed E-state index contributed by atoms with van der Waals surface area (Å²) in [6.45, 7) is 1.49. The number of aromatic nitrogens is 2. The first-order valence-corrected chi connectivity index (χ1v) is 6.60. The molecule has 2 heterocycles. The summed E-state index contributed by atoms with van der Waals surface area (Å²) in [5, 5.41) is 4.27. The van der Waals surface area contributed by atoms with E-state index in [1.165, 1.54) is 0 Å². The van der Waals surface area contributed by atoms with Crippen LogP contribution >= 0.6 is 22.6 Å². The largest absolute Gasteiger partial charge is 0.467 e. The number of halogens is 1. The van der Waals surface area contributed by atoms with Crippen molar-refractivity contribution in [3.63, 3.8) is 0 Å². The molecule has 0 amide bonds. The number of hydrogen-bond donors (Lipinski definition) is 1. The molecule has 0 aliphatic carbocycles. The number of fused-ring (bicyclic) bond motifs is 1. The average Bonchev–Trinajstić information content (AvgIpc) is 2.74. The van der Waals surface area contributed by atoms with Crippen molar-refractivity contribution in [3.8, 4) is 5.75 Å². The predicted molar refractivity (Wildman–Crippen MR) is 75.2 cm³/mol. The van der Waals surface area contributed by atoms with Crippen LogP contribution in [-0.2, 0) is 17.9 Å². The minimum absolute atomic E-state index is 0.292. The minimum Gasteiger partial charge on any atom is -0.467 e. The molecule has 0 radical (unpaired) electrons. The minimum atomic E-state index is 0.292. The summed E-state index contributed by atoms with van der Waals surface area (Å²) in [4.78, 5) is 0. The van der Waals surface area contributed by atoms with Crippen LogP contribution in [0.1, 0.15) is 11.1 Å². The van der Waals surface area contributed by atoms with Gasteiger partial charge in [-0.15, -0.1) is 0 Å². The van der Waals surface area contributed by atoms with Crippen molar-refractivity contribution < 1.29 is 9.47 Å². The third-order valence-electron chi connectivity index (χ3n) is 2.74. The summed E-state index contributed by atoms with van der Waals surface area (Å²) in [5.74, 6) is 0.876. The van der Waals surface area contributed by atoms with E-state index in [1.54, 1.807) is 0 Å². The van der Waals surface area contributed by atoms with Crippen LogP contribution in [-0.4, -0.2) is 16.6 Å². The van der Waals surface area contributed by atoms with Gasteiger partial charge in [-0.1, -0.05) is 0 Å². The Labute approximate surface area is 118 Å². The lowest BCUT2D eigenvalue weighted by atomic mass is 10.1. The summed E-state index contributed by atoms with van der Waals surface area (Å²) in [5.41, 5.74) is 8.65. The maximum atomic E-state index is 5.90. The lowest BCUT2D eigenvalue weighted by Gasteiger charge is -2.21. The normalized spacial score (nSPS) is 14.1. The molecule has 2 aromatic rings. The van der Waals surface area contributed by atoms with Crippen molar-refractivity contribution in [2.24, 2.45) is 0 Å². The van der Waals surface area contributed by atoms with Gasteiger partial charge in [0.1, 0.15) is 5.75 Å². The number of anilines is 1. The van der Waals surface area contributed by atoms with E-state index in [0.29, 0.717) is 19.9 Å². The summed E-state index contributed by atoms with van der Waals surface area (Å²) < 4.78 is 13.8. The zero-order valence-electron chi connectivity index (χ0n) is 9.60. The summed E-state index contributed by atoms with van der Waals surface area (Å²) in [7, 11) is 0. The maximum Gasteiger partial charge on any atom is 0.189 e. The van der Waals surface area contributed by atoms with Crippen molar-refractivity contribution in [1.29, 1.82) is 0 Å². The van der Waals surface area contributed by atoms with Crippen molar-refractivity contribution in [3.05, 3.63) is 39.2 Å². The highest BCUT2D eigenvalue weighted by atomic mass is 127. The third kappa shape index (κ3) is 2.30. The van der Waals surface area contributed by atoms with Gasteiger partial charge in [0, 0.05) is 23.0 Å². The molecule has 18 heavy (non-hydrogen) atoms. The lowest BCUT2D eigenvalue weighted by molar-refractivity contribution is -0.0170. The quantitative estimate of drug-likeness (QED) is 0.660. The average molecular weight is 357 g/mol. The fourth-order valence-electron chi connectivity index (χ4n) is 2.04. The van der Waals surface area contributed by atoms with Gasteiger partial charge in [-0.05, 0) is 34.7 Å². The van der Waals surface area contributed by atoms with Gasteiger partial charge in [0.25, 0.3) is 0 Å². The Morgan fingerprint density at radius 3 is 3.11 bits per heavy atom. The zero-order valence-corrected chi connectivity index (χ0v) is 11.8. The van der Waals surface area contributed by atoms with E-state index in [1.807, 2.05) is 29.2 Å². The standard InChI is InChI=1S/C12H12IN3O2/c13-10-3-15-16(5-10)4-8-1-11(14)2-9-6-17-7-18-12(8)9/h1-3,5H,4,6-7,14H2. The molecule has 0 fully saturated rings. The van der Waals surface area contributed by atoms with E-state index in [9.17, 15) is 0 Å². The van der Waals surface area contributed by atoms with Gasteiger partial charge in [-0.3, -0.25) is 4.68 Å². The van der Waals surface area contributed by atoms with E-state index >= 15 is 0 Å². The van der Waals surface area contributed by atoms with Gasteiger partial charge in [-0.2, -0.15) is 5.10 Å². The molecule has 0 spiro atoms. The highest BCUT2D eigenvalue weighted by Crippen LogP contribution is 2.31. The molecule has 1 aromatic carbocycles. The summed E-state index contributed by atoms with van der Waals surface area (Å²) in [6.07, 6.45) is 3.80. The van der Waals surface area contributed by atoms with Crippen LogP contribution < -0.4 is 10.5 Å². The van der Waals surface area contributed by atoms with Crippen molar-refractivity contribution >= 4 is 28.3 Å². The van der Waals surface area contributed by atoms with Crippen LogP contribution in [0.15, 0.2) is 24.5 Å². The molecule has 0 atom stereocenters. The second-order valence-electron chi connectivity index (χ2n) is 4.14. The van der Waals surface area contributed by atoms with E-state index in [-0.39, 0.29) is 0 Å². The molecule has 0 unspecified atom stereocenters. The Morgan fingerprint density at radius 2 is 2.33 bits per heavy atom. The summed E-state index contributed by atoms with van der Waals surface area (Å²) in [6, 6.07) is 3.82. The molecule has 94 valence electrons. The number of rotatable bonds is 2. The molecule has 0 saturated carbocycles. The van der Waals surface area contributed by atoms with E-state index in [0.717, 1.165) is 26.1 Å². The summed E-state index contributed by atoms with van der Waals surface area (Å²) >= 11 is 2.23. The van der Waals surface area contributed by atoms with Crippen LogP contribution in [0.5, 0.6) is 5.75 Å². The topological polar surface area (TPSA) is 62.3 Å². The molecular weight excluding hydrogens is 345 g/mol. The number of nitrogen functional groups attached to an aromatic ring is 1. The molecule has 1 aliphatic heterocycles. The molecule has 5 nitrogen and oxygen atoms in total. The van der Waals surface area contributed by atoms with Gasteiger partial charge in [0.15, 0.2) is 6.79 Å². The van der Waals surface area contributed by atoms with Crippen LogP contribution in [0, 0.1) is 3.57 Å². The van der Waals surface area contributed by atoms with Crippen LogP contribution in [0.4, 0.5) is 5.69 Å². The van der Waals surface area contributed by atoms with Gasteiger partial charge in [-0.25, -0.2) is 0 Å². The molecule has 1 aliphatic rings. The zero-order chi connectivity index (χ0) is 12.5. The van der Waals surface area contributed by atoms with Gasteiger partial charge >= 0.3 is 0 Å². The number of benzene rings is 1. The first kappa shape index (κ1) is 11.8. The first-order valence-electron chi connectivity index (χ1n) is 5.52. The molecule has 1 aromatic heterocycles. The molecule has 0 saturated heterocycles. The van der Waals surface area contributed by atoms with Crippen molar-refractivity contribution in [1.82, 2.24) is 9.78 Å². The van der Waals surface area contributed by atoms with Gasteiger partial charge < -0.3 is 15.2 Å². The van der Waals surface area contributed by atoms with Crippen molar-refractivity contribution in [2.45, 2.75) is 13.2 Å². The Hall–Kier alpha value is -1.28. The molecule has 3 rings (SSSR count). The number of nitrogens with zero attached hydrogens (tertiary/aromatic N) is 2. The molecular formula is C12H12IN3O2. The number of ether oxygens (including phenoxy) is 2. The lowest BCUT2D eigenvalue weighted by Crippen LogP contribution is -2.15. The fourth-order valence-corrected chi connectivity index (χ4v) is 2.49. The van der Waals surface area contributed by atoms with E-state index in [4.69, 9.17) is 15.2 Å². The van der Waals surface area contributed by atoms with E-state index in [2.05, 4.69) is 27.7 Å². The molecule has 6 heteroatoms. The van der Waals surface area contributed by atoms with E-state index < -0.39 is 0 Å². The van der Waals surface area contributed by atoms with Gasteiger partial charge in [0.2, 0.25) is 0 Å². The highest BCUT2D eigenvalue weighted by Gasteiger charge is 2.16. The van der Waals surface area contributed by atoms with Crippen LogP contribution in [0.25, 0.3) is 0 Å². The second kappa shape index (κ2) is 4.77. The van der Waals surface area contributed by atoms with Crippen LogP contribution in [0.2, 0.25) is 0 Å². The second-order valence-corrected chi connectivity index (χ2v) is 5.38. The number of nitrogens with two attached hydrogens (primary N) is 1. The Morgan fingerprint density at radius 1 is 1.44 bits per heavy atom. The van der Waals surface area contributed by atoms with Gasteiger partial charge in [0.05, 0.1) is 22.9 Å². The highest BCUT2D eigenvalue weighted by molar-refractivity contribution is 14.1. The maximum absolute atomic E-state index is 5.90. The van der Waals surface area contributed by atoms with Crippen molar-refractivity contribution in [2.75, 3.05) is 12.5 Å². The third-order valence-corrected chi connectivity index (χ3v) is 3.30. The first-order chi connectivity index (χ1) is 8.72. The van der Waals surface area contributed by atoms with Crippen LogP contribution in [0.3, 0.4) is 0 Å². The Bertz CT molecular complexity index is 583. The fraction of sp³-hybridized carbons (Fsp3) is 0.250.